The zero-order valence-corrected chi connectivity index (χ0v) is 14.9. The van der Waals surface area contributed by atoms with Crippen LogP contribution in [0.15, 0.2) is 36.4 Å². The maximum atomic E-state index is 12.0. The highest BCUT2D eigenvalue weighted by atomic mass is 35.5. The molecule has 0 saturated heterocycles. The Hall–Kier alpha value is -2.93. The Labute approximate surface area is 159 Å². The molecule has 0 saturated carbocycles. The molecule has 1 atom stereocenters. The molecule has 0 aliphatic heterocycles. The quantitative estimate of drug-likeness (QED) is 0.457. The van der Waals surface area contributed by atoms with Gasteiger partial charge in [-0.15, -0.1) is 0 Å². The Morgan fingerprint density at radius 3 is 2.78 bits per heavy atom. The number of rotatable bonds is 6. The van der Waals surface area contributed by atoms with Gasteiger partial charge in [-0.05, 0) is 54.7 Å². The fraction of sp³-hybridized carbons (Fsp3) is 0.263. The van der Waals surface area contributed by atoms with E-state index >= 15 is 0 Å². The second-order valence-corrected chi connectivity index (χ2v) is 6.90. The Morgan fingerprint density at radius 2 is 2.11 bits per heavy atom. The van der Waals surface area contributed by atoms with Crippen molar-refractivity contribution in [3.8, 4) is 5.75 Å². The van der Waals surface area contributed by atoms with E-state index < -0.39 is 22.0 Å². The largest absolute Gasteiger partial charge is 0.485 e. The summed E-state index contributed by atoms with van der Waals surface area (Å²) in [7, 11) is 0. The number of nitrogens with zero attached hydrogens (tertiary/aromatic N) is 1. The zero-order valence-electron chi connectivity index (χ0n) is 14.2. The normalized spacial score (nSPS) is 18.4. The molecular weight excluding hydrogens is 374 g/mol. The van der Waals surface area contributed by atoms with E-state index in [1.54, 1.807) is 12.1 Å². The number of benzene rings is 2. The number of halogens is 1. The van der Waals surface area contributed by atoms with Crippen LogP contribution < -0.4 is 4.74 Å². The molecule has 0 spiro atoms. The smallest absolute Gasteiger partial charge is 0.335 e. The molecule has 2 aromatic rings. The summed E-state index contributed by atoms with van der Waals surface area (Å²) in [5.74, 6) is -1.35. The number of aromatic carboxylic acids is 1. The summed E-state index contributed by atoms with van der Waals surface area (Å²) in [6, 6.07) is 8.72. The van der Waals surface area contributed by atoms with Crippen molar-refractivity contribution in [1.29, 1.82) is 0 Å². The maximum Gasteiger partial charge on any atom is 0.335 e. The van der Waals surface area contributed by atoms with E-state index in [1.807, 2.05) is 6.07 Å². The van der Waals surface area contributed by atoms with Crippen LogP contribution >= 0.6 is 11.6 Å². The highest BCUT2D eigenvalue weighted by molar-refractivity contribution is 6.30. The Morgan fingerprint density at radius 1 is 1.33 bits per heavy atom. The van der Waals surface area contributed by atoms with Crippen molar-refractivity contribution in [2.45, 2.75) is 24.7 Å². The lowest BCUT2D eigenvalue weighted by Crippen LogP contribution is -2.38. The minimum Gasteiger partial charge on any atom is -0.485 e. The fourth-order valence-corrected chi connectivity index (χ4v) is 3.61. The number of carbonyl (C=O) groups excluding carboxylic acids is 1. The van der Waals surface area contributed by atoms with Gasteiger partial charge in [-0.25, -0.2) is 4.79 Å². The molecule has 0 aromatic heterocycles. The number of carbonyl (C=O) groups is 2. The minimum absolute atomic E-state index is 0.0766. The van der Waals surface area contributed by atoms with E-state index in [1.165, 1.54) is 12.1 Å². The van der Waals surface area contributed by atoms with Crippen LogP contribution in [0.4, 0.5) is 5.69 Å². The van der Waals surface area contributed by atoms with Crippen LogP contribution in [0.2, 0.25) is 5.02 Å². The van der Waals surface area contributed by atoms with E-state index in [9.17, 15) is 19.7 Å². The maximum absolute atomic E-state index is 12.0. The van der Waals surface area contributed by atoms with Crippen molar-refractivity contribution in [1.82, 2.24) is 0 Å². The van der Waals surface area contributed by atoms with Crippen LogP contribution in [0.1, 0.15) is 34.3 Å². The fourth-order valence-electron chi connectivity index (χ4n) is 3.41. The zero-order chi connectivity index (χ0) is 19.6. The van der Waals surface area contributed by atoms with Gasteiger partial charge in [0.25, 0.3) is 0 Å². The predicted molar refractivity (Wildman–Crippen MR) is 97.7 cm³/mol. The summed E-state index contributed by atoms with van der Waals surface area (Å²) in [5, 5.41) is 20.9. The van der Waals surface area contributed by atoms with Gasteiger partial charge in [0.05, 0.1) is 15.9 Å². The van der Waals surface area contributed by atoms with Crippen molar-refractivity contribution >= 4 is 29.5 Å². The summed E-state index contributed by atoms with van der Waals surface area (Å²) >= 11 is 6.04. The molecule has 140 valence electrons. The average molecular weight is 390 g/mol. The topological polar surface area (TPSA) is 107 Å². The molecule has 0 unspecified atom stereocenters. The van der Waals surface area contributed by atoms with E-state index in [4.69, 9.17) is 21.4 Å². The highest BCUT2D eigenvalue weighted by Gasteiger charge is 2.38. The van der Waals surface area contributed by atoms with Gasteiger partial charge >= 0.3 is 11.7 Å². The van der Waals surface area contributed by atoms with Crippen molar-refractivity contribution in [2.75, 3.05) is 6.61 Å². The first-order chi connectivity index (χ1) is 12.9. The van der Waals surface area contributed by atoms with Gasteiger partial charge in [-0.2, -0.15) is 0 Å². The summed E-state index contributed by atoms with van der Waals surface area (Å²) in [4.78, 5) is 33.6. The minimum atomic E-state index is -1.27. The summed E-state index contributed by atoms with van der Waals surface area (Å²) in [5.41, 5.74) is 0.162. The molecule has 2 aromatic carbocycles. The number of aldehydes is 1. The number of aryl methyl sites for hydroxylation is 1. The van der Waals surface area contributed by atoms with Crippen molar-refractivity contribution < 1.29 is 24.4 Å². The first-order valence-electron chi connectivity index (χ1n) is 8.26. The lowest BCUT2D eigenvalue weighted by Gasteiger charge is -2.34. The second kappa shape index (κ2) is 7.36. The highest BCUT2D eigenvalue weighted by Crippen LogP contribution is 2.38. The van der Waals surface area contributed by atoms with Crippen molar-refractivity contribution in [3.63, 3.8) is 0 Å². The van der Waals surface area contributed by atoms with E-state index in [0.29, 0.717) is 11.4 Å². The van der Waals surface area contributed by atoms with Gasteiger partial charge in [-0.3, -0.25) is 10.1 Å². The van der Waals surface area contributed by atoms with Gasteiger partial charge in [0.1, 0.15) is 12.9 Å². The number of carboxylic acid groups (broad SMARTS) is 1. The first-order valence-corrected chi connectivity index (χ1v) is 8.64. The lowest BCUT2D eigenvalue weighted by molar-refractivity contribution is -0.385. The average Bonchev–Trinajstić information content (AvgIpc) is 2.65. The molecule has 0 fully saturated rings. The van der Waals surface area contributed by atoms with Gasteiger partial charge in [-0.1, -0.05) is 17.7 Å². The van der Waals surface area contributed by atoms with Gasteiger partial charge in [0.15, 0.2) is 5.75 Å². The van der Waals surface area contributed by atoms with Gasteiger partial charge in [0.2, 0.25) is 0 Å². The summed E-state index contributed by atoms with van der Waals surface area (Å²) in [6.45, 7) is -0.0849. The van der Waals surface area contributed by atoms with Crippen LogP contribution in [0.3, 0.4) is 0 Å². The third-order valence-electron chi connectivity index (χ3n) is 4.79. The van der Waals surface area contributed by atoms with Crippen LogP contribution in [0, 0.1) is 10.1 Å². The van der Waals surface area contributed by atoms with Crippen LogP contribution in [0.25, 0.3) is 0 Å². The predicted octanol–water partition coefficient (Wildman–Crippen LogP) is 3.80. The molecule has 0 heterocycles. The molecular formula is C19H16ClNO6. The van der Waals surface area contributed by atoms with Crippen LogP contribution in [-0.2, 0) is 16.6 Å². The lowest BCUT2D eigenvalue weighted by atomic mass is 9.71. The van der Waals surface area contributed by atoms with Crippen molar-refractivity contribution in [2.24, 2.45) is 0 Å². The molecule has 3 rings (SSSR count). The number of hydrogen-bond donors (Lipinski definition) is 1. The summed E-state index contributed by atoms with van der Waals surface area (Å²) < 4.78 is 5.66. The van der Waals surface area contributed by atoms with Crippen LogP contribution in [-0.4, -0.2) is 28.9 Å². The molecule has 7 nitrogen and oxygen atoms in total. The number of fused-ring (bicyclic) bond motifs is 1. The number of hydrogen-bond acceptors (Lipinski definition) is 5. The SMILES string of the molecule is O=C[C@]1(COc2ccc(C(=O)O)cc2[N+](=O)[O-])CCCc2cc(Cl)ccc21. The molecule has 1 aliphatic rings. The third-order valence-corrected chi connectivity index (χ3v) is 5.02. The molecule has 1 N–H and O–H groups in total. The second-order valence-electron chi connectivity index (χ2n) is 6.46. The van der Waals surface area contributed by atoms with E-state index in [-0.39, 0.29) is 17.9 Å². The van der Waals surface area contributed by atoms with Gasteiger partial charge in [0, 0.05) is 11.1 Å². The molecule has 27 heavy (non-hydrogen) atoms. The molecule has 0 amide bonds. The van der Waals surface area contributed by atoms with Crippen molar-refractivity contribution in [3.05, 3.63) is 68.2 Å². The van der Waals surface area contributed by atoms with E-state index in [0.717, 1.165) is 36.3 Å². The third kappa shape index (κ3) is 3.64. The Balaban J connectivity index is 1.93. The Kier molecular flexibility index (Phi) is 5.14. The monoisotopic (exact) mass is 389 g/mol. The number of nitro benzene ring substituents is 1. The number of carboxylic acids is 1. The van der Waals surface area contributed by atoms with E-state index in [2.05, 4.69) is 0 Å². The molecule has 8 heteroatoms. The number of ether oxygens (including phenoxy) is 1. The Bertz CT molecular complexity index is 928. The summed E-state index contributed by atoms with van der Waals surface area (Å²) in [6.07, 6.45) is 2.91. The standard InChI is InChI=1S/C19H16ClNO6/c20-14-4-5-15-12(8-14)2-1-7-19(15,10-22)11-27-17-6-3-13(18(23)24)9-16(17)21(25)26/h3-6,8-10H,1-2,7,11H2,(H,23,24)/t19-/m0/s1. The molecule has 1 aliphatic carbocycles. The molecule has 0 bridgehead atoms. The number of nitro groups is 1. The molecule has 0 radical (unpaired) electrons. The van der Waals surface area contributed by atoms with Crippen LogP contribution in [0.5, 0.6) is 5.75 Å². The van der Waals surface area contributed by atoms with Gasteiger partial charge < -0.3 is 14.6 Å². The first kappa shape index (κ1) is 18.8.